The summed E-state index contributed by atoms with van der Waals surface area (Å²) < 4.78 is 6.44. The number of rotatable bonds is 7. The van der Waals surface area contributed by atoms with E-state index < -0.39 is 11.8 Å². The molecule has 178 valence electrons. The number of pyridine rings is 1. The molecule has 2 radical (unpaired) electrons. The molecule has 0 aliphatic heterocycles. The molecule has 4 rings (SSSR count). The van der Waals surface area contributed by atoms with Crippen LogP contribution in [-0.4, -0.2) is 57.8 Å². The average molecular weight is 512 g/mol. The number of carbonyl (C=O) groups excluding carboxylic acids is 2. The van der Waals surface area contributed by atoms with Crippen LogP contribution in [0.4, 0.5) is 5.69 Å². The number of ether oxygens (including phenoxy) is 1. The third-order valence-corrected chi connectivity index (χ3v) is 5.95. The number of benzene rings is 1. The van der Waals surface area contributed by atoms with Crippen molar-refractivity contribution in [2.45, 2.75) is 26.3 Å². The molecule has 3 N–H and O–H groups in total. The number of anilines is 1. The Morgan fingerprint density at radius 3 is 2.71 bits per heavy atom. The molecule has 0 saturated heterocycles. The smallest absolute Gasteiger partial charge is 0.274 e. The van der Waals surface area contributed by atoms with E-state index in [0.717, 1.165) is 0 Å². The van der Waals surface area contributed by atoms with E-state index in [1.807, 2.05) is 13.8 Å². The van der Waals surface area contributed by atoms with Gasteiger partial charge in [-0.1, -0.05) is 30.1 Å². The molecule has 35 heavy (non-hydrogen) atoms. The van der Waals surface area contributed by atoms with Gasteiger partial charge < -0.3 is 15.4 Å². The summed E-state index contributed by atoms with van der Waals surface area (Å²) in [6, 6.07) is 6.08. The lowest BCUT2D eigenvalue weighted by Crippen LogP contribution is -2.33. The Balaban J connectivity index is 1.82. The van der Waals surface area contributed by atoms with Gasteiger partial charge in [0.25, 0.3) is 11.8 Å². The van der Waals surface area contributed by atoms with Crippen molar-refractivity contribution in [2.75, 3.05) is 12.4 Å². The summed E-state index contributed by atoms with van der Waals surface area (Å²) >= 11 is 12.8. The molecule has 3 aromatic heterocycles. The highest BCUT2D eigenvalue weighted by Crippen LogP contribution is 2.33. The Labute approximate surface area is 211 Å². The van der Waals surface area contributed by atoms with Crippen LogP contribution >= 0.6 is 23.2 Å². The predicted molar refractivity (Wildman–Crippen MR) is 135 cm³/mol. The van der Waals surface area contributed by atoms with Crippen LogP contribution in [-0.2, 0) is 0 Å². The first-order valence-electron chi connectivity index (χ1n) is 10.6. The van der Waals surface area contributed by atoms with E-state index in [-0.39, 0.29) is 55.8 Å². The third-order valence-electron chi connectivity index (χ3n) is 5.35. The van der Waals surface area contributed by atoms with Crippen molar-refractivity contribution < 1.29 is 14.3 Å². The number of methoxy groups -OCH3 is 1. The summed E-state index contributed by atoms with van der Waals surface area (Å²) in [5.74, 6) is -0.718. The maximum atomic E-state index is 13.5. The van der Waals surface area contributed by atoms with Crippen molar-refractivity contribution in [3.63, 3.8) is 0 Å². The SMILES string of the molecule is [B]c1[nH]nc2c(C(=O)NC(C)CC)c(NC(=O)c3cc(OC)nn3-c3ncccc3Cl)c(Cl)cc12. The molecule has 4 aromatic rings. The number of H-pyrrole nitrogens is 1. The molecule has 1 atom stereocenters. The van der Waals surface area contributed by atoms with Crippen LogP contribution < -0.4 is 21.0 Å². The minimum Gasteiger partial charge on any atom is -0.480 e. The van der Waals surface area contributed by atoms with E-state index in [4.69, 9.17) is 35.8 Å². The Morgan fingerprint density at radius 1 is 1.26 bits per heavy atom. The van der Waals surface area contributed by atoms with Crippen LogP contribution in [0.5, 0.6) is 5.88 Å². The van der Waals surface area contributed by atoms with Crippen LogP contribution in [0.15, 0.2) is 30.5 Å². The van der Waals surface area contributed by atoms with Gasteiger partial charge in [0, 0.05) is 23.7 Å². The van der Waals surface area contributed by atoms with E-state index in [2.05, 4.69) is 30.9 Å². The van der Waals surface area contributed by atoms with Gasteiger partial charge in [-0.2, -0.15) is 5.10 Å². The van der Waals surface area contributed by atoms with Crippen molar-refractivity contribution in [1.82, 2.24) is 30.3 Å². The van der Waals surface area contributed by atoms with Gasteiger partial charge in [-0.3, -0.25) is 14.7 Å². The van der Waals surface area contributed by atoms with Crippen LogP contribution in [0.25, 0.3) is 16.7 Å². The van der Waals surface area contributed by atoms with Gasteiger partial charge in [0.2, 0.25) is 5.88 Å². The number of aromatic amines is 1. The van der Waals surface area contributed by atoms with Gasteiger partial charge in [0.1, 0.15) is 19.1 Å². The average Bonchev–Trinajstić information content (AvgIpc) is 3.43. The standard InChI is InChI=1S/C22H20BCl2N7O3/c1-4-10(2)27-22(34)16-17-11(19(23)30-29-17)8-13(25)18(16)28-21(33)14-9-15(35-3)31-32(14)20-12(24)6-5-7-26-20/h5-10H,4H2,1-3H3,(H,27,34)(H,28,33)(H,29,30). The van der Waals surface area contributed by atoms with Gasteiger partial charge in [-0.15, -0.1) is 5.10 Å². The lowest BCUT2D eigenvalue weighted by Gasteiger charge is -2.17. The van der Waals surface area contributed by atoms with Crippen molar-refractivity contribution in [2.24, 2.45) is 0 Å². The van der Waals surface area contributed by atoms with E-state index in [9.17, 15) is 9.59 Å². The Hall–Kier alpha value is -3.57. The third kappa shape index (κ3) is 4.69. The maximum absolute atomic E-state index is 13.5. The van der Waals surface area contributed by atoms with Gasteiger partial charge in [0.15, 0.2) is 5.82 Å². The Bertz CT molecular complexity index is 1440. The van der Waals surface area contributed by atoms with Gasteiger partial charge in [-0.05, 0) is 37.1 Å². The lowest BCUT2D eigenvalue weighted by atomic mass is 9.97. The second kappa shape index (κ2) is 9.97. The fourth-order valence-corrected chi connectivity index (χ4v) is 3.82. The van der Waals surface area contributed by atoms with Gasteiger partial charge >= 0.3 is 0 Å². The first-order valence-corrected chi connectivity index (χ1v) is 11.3. The number of aromatic nitrogens is 5. The minimum absolute atomic E-state index is 0.0495. The highest BCUT2D eigenvalue weighted by Gasteiger charge is 2.26. The molecule has 1 unspecified atom stereocenters. The Kier molecular flexibility index (Phi) is 6.99. The number of halogens is 2. The summed E-state index contributed by atoms with van der Waals surface area (Å²) in [4.78, 5) is 30.9. The van der Waals surface area contributed by atoms with E-state index in [0.29, 0.717) is 11.8 Å². The number of fused-ring (bicyclic) bond motifs is 1. The van der Waals surface area contributed by atoms with Crippen LogP contribution in [0.2, 0.25) is 10.0 Å². The maximum Gasteiger partial charge on any atom is 0.274 e. The summed E-state index contributed by atoms with van der Waals surface area (Å²) in [5, 5.41) is 17.5. The summed E-state index contributed by atoms with van der Waals surface area (Å²) in [5.41, 5.74) is 0.693. The second-order valence-electron chi connectivity index (χ2n) is 7.67. The summed E-state index contributed by atoms with van der Waals surface area (Å²) in [7, 11) is 7.37. The zero-order chi connectivity index (χ0) is 25.3. The molecule has 3 heterocycles. The van der Waals surface area contributed by atoms with Crippen molar-refractivity contribution in [3.8, 4) is 11.7 Å². The summed E-state index contributed by atoms with van der Waals surface area (Å²) in [6.07, 6.45) is 2.21. The highest BCUT2D eigenvalue weighted by molar-refractivity contribution is 6.41. The molecule has 0 aliphatic carbocycles. The zero-order valence-electron chi connectivity index (χ0n) is 19.0. The molecular weight excluding hydrogens is 492 g/mol. The molecule has 0 spiro atoms. The van der Waals surface area contributed by atoms with Gasteiger partial charge in [-0.25, -0.2) is 9.67 Å². The van der Waals surface area contributed by atoms with E-state index in [1.54, 1.807) is 12.1 Å². The number of amides is 2. The lowest BCUT2D eigenvalue weighted by molar-refractivity contribution is 0.0941. The fourth-order valence-electron chi connectivity index (χ4n) is 3.37. The summed E-state index contributed by atoms with van der Waals surface area (Å²) in [6.45, 7) is 3.79. The molecule has 0 bridgehead atoms. The van der Waals surface area contributed by atoms with Crippen molar-refractivity contribution >= 4 is 65.0 Å². The van der Waals surface area contributed by atoms with E-state index >= 15 is 0 Å². The first-order chi connectivity index (χ1) is 16.7. The Morgan fingerprint density at radius 2 is 2.03 bits per heavy atom. The van der Waals surface area contributed by atoms with Crippen LogP contribution in [0.3, 0.4) is 0 Å². The quantitative estimate of drug-likeness (QED) is 0.327. The number of nitrogens with one attached hydrogen (secondary N) is 3. The topological polar surface area (TPSA) is 127 Å². The normalized spacial score (nSPS) is 11.9. The molecule has 10 nitrogen and oxygen atoms in total. The van der Waals surface area contributed by atoms with Gasteiger partial charge in [0.05, 0.1) is 28.4 Å². The number of hydrogen-bond acceptors (Lipinski definition) is 6. The second-order valence-corrected chi connectivity index (χ2v) is 8.49. The van der Waals surface area contributed by atoms with Crippen LogP contribution in [0.1, 0.15) is 41.1 Å². The number of nitrogens with zero attached hydrogens (tertiary/aromatic N) is 4. The molecule has 13 heteroatoms. The fraction of sp³-hybridized carbons (Fsp3) is 0.227. The minimum atomic E-state index is -0.634. The van der Waals surface area contributed by atoms with Crippen molar-refractivity contribution in [3.05, 3.63) is 51.8 Å². The molecule has 1 aromatic carbocycles. The zero-order valence-corrected chi connectivity index (χ0v) is 20.5. The molecule has 0 aliphatic rings. The highest BCUT2D eigenvalue weighted by atomic mass is 35.5. The molecule has 2 amide bonds. The molecular formula is C22H20BCl2N7O3. The van der Waals surface area contributed by atoms with E-state index in [1.165, 1.54) is 30.1 Å². The largest absolute Gasteiger partial charge is 0.480 e. The molecule has 0 fully saturated rings. The monoisotopic (exact) mass is 511 g/mol. The van der Waals surface area contributed by atoms with Crippen LogP contribution in [0, 0.1) is 0 Å². The number of hydrogen-bond donors (Lipinski definition) is 3. The molecule has 0 saturated carbocycles. The number of carbonyl (C=O) groups is 2. The first kappa shape index (κ1) is 24.6. The predicted octanol–water partition coefficient (Wildman–Crippen LogP) is 3.03. The van der Waals surface area contributed by atoms with Crippen molar-refractivity contribution in [1.29, 1.82) is 0 Å².